The van der Waals surface area contributed by atoms with Gasteiger partial charge in [-0.05, 0) is 54.0 Å². The Labute approximate surface area is 141 Å². The number of benzene rings is 1. The Morgan fingerprint density at radius 3 is 2.70 bits per heavy atom. The summed E-state index contributed by atoms with van der Waals surface area (Å²) in [5.74, 6) is 0.939. The molecule has 122 valence electrons. The van der Waals surface area contributed by atoms with Crippen LogP contribution in [0.4, 0.5) is 0 Å². The van der Waals surface area contributed by atoms with E-state index in [0.717, 1.165) is 16.9 Å². The quantitative estimate of drug-likeness (QED) is 0.614. The first-order valence-electron chi connectivity index (χ1n) is 7.69. The molecule has 1 amide bonds. The van der Waals surface area contributed by atoms with E-state index in [1.807, 2.05) is 42.6 Å². The largest absolute Gasteiger partial charge is 0.484 e. The molecule has 0 fully saturated rings. The summed E-state index contributed by atoms with van der Waals surface area (Å²) < 4.78 is 5.46. The SMILES string of the molecule is CC[C@@H](C)c1ccc(OCC(=O)N/N=C\c2sccc2C)cc1. The summed E-state index contributed by atoms with van der Waals surface area (Å²) in [5.41, 5.74) is 4.89. The van der Waals surface area contributed by atoms with Gasteiger partial charge in [-0.15, -0.1) is 11.3 Å². The first-order chi connectivity index (χ1) is 11.1. The van der Waals surface area contributed by atoms with Crippen LogP contribution in [0.1, 0.15) is 42.2 Å². The third-order valence-electron chi connectivity index (χ3n) is 3.70. The van der Waals surface area contributed by atoms with Gasteiger partial charge in [0.15, 0.2) is 6.61 Å². The lowest BCUT2D eigenvalue weighted by Gasteiger charge is -2.10. The predicted molar refractivity (Wildman–Crippen MR) is 95.4 cm³/mol. The van der Waals surface area contributed by atoms with E-state index in [1.54, 1.807) is 17.6 Å². The fourth-order valence-electron chi connectivity index (χ4n) is 1.99. The Morgan fingerprint density at radius 2 is 2.09 bits per heavy atom. The number of thiophene rings is 1. The van der Waals surface area contributed by atoms with E-state index in [-0.39, 0.29) is 12.5 Å². The van der Waals surface area contributed by atoms with Crippen LogP contribution < -0.4 is 10.2 Å². The number of carbonyl (C=O) groups is 1. The van der Waals surface area contributed by atoms with Gasteiger partial charge in [-0.3, -0.25) is 4.79 Å². The van der Waals surface area contributed by atoms with Gasteiger partial charge in [0.05, 0.1) is 6.21 Å². The highest BCUT2D eigenvalue weighted by Gasteiger charge is 2.05. The van der Waals surface area contributed by atoms with Crippen molar-refractivity contribution in [2.45, 2.75) is 33.1 Å². The summed E-state index contributed by atoms with van der Waals surface area (Å²) in [6.45, 7) is 6.31. The molecule has 0 aliphatic heterocycles. The summed E-state index contributed by atoms with van der Waals surface area (Å²) in [5, 5.41) is 5.93. The van der Waals surface area contributed by atoms with Crippen molar-refractivity contribution in [2.24, 2.45) is 5.10 Å². The second kappa shape index (κ2) is 8.48. The monoisotopic (exact) mass is 330 g/mol. The van der Waals surface area contributed by atoms with Crippen molar-refractivity contribution >= 4 is 23.5 Å². The molecule has 4 nitrogen and oxygen atoms in total. The maximum absolute atomic E-state index is 11.7. The summed E-state index contributed by atoms with van der Waals surface area (Å²) in [4.78, 5) is 12.7. The number of hydrogen-bond donors (Lipinski definition) is 1. The standard InChI is InChI=1S/C18H22N2O2S/c1-4-13(2)15-5-7-16(8-6-15)22-12-18(21)20-19-11-17-14(3)9-10-23-17/h5-11,13H,4,12H2,1-3H3,(H,20,21)/b19-11-/t13-/m1/s1. The number of hydrazone groups is 1. The fraction of sp³-hybridized carbons (Fsp3) is 0.333. The molecule has 5 heteroatoms. The summed E-state index contributed by atoms with van der Waals surface area (Å²) in [7, 11) is 0. The number of rotatable bonds is 7. The summed E-state index contributed by atoms with van der Waals surface area (Å²) in [6.07, 6.45) is 2.75. The molecule has 0 spiro atoms. The van der Waals surface area contributed by atoms with Gasteiger partial charge in [0.1, 0.15) is 5.75 Å². The first kappa shape index (κ1) is 17.2. The van der Waals surface area contributed by atoms with Crippen LogP contribution in [0.25, 0.3) is 0 Å². The Bertz CT molecular complexity index is 662. The minimum atomic E-state index is -0.276. The van der Waals surface area contributed by atoms with Gasteiger partial charge in [-0.2, -0.15) is 5.10 Å². The second-order valence-electron chi connectivity index (χ2n) is 5.43. The molecule has 0 saturated heterocycles. The third kappa shape index (κ3) is 5.21. The Balaban J connectivity index is 1.78. The smallest absolute Gasteiger partial charge is 0.277 e. The van der Waals surface area contributed by atoms with E-state index in [0.29, 0.717) is 11.7 Å². The summed E-state index contributed by atoms with van der Waals surface area (Å²) in [6, 6.07) is 9.89. The van der Waals surface area contributed by atoms with Crippen molar-refractivity contribution in [1.29, 1.82) is 0 Å². The number of hydrogen-bond acceptors (Lipinski definition) is 4. The maximum Gasteiger partial charge on any atom is 0.277 e. The van der Waals surface area contributed by atoms with Crippen molar-refractivity contribution < 1.29 is 9.53 Å². The van der Waals surface area contributed by atoms with Crippen molar-refractivity contribution in [3.63, 3.8) is 0 Å². The molecule has 0 saturated carbocycles. The van der Waals surface area contributed by atoms with Gasteiger partial charge in [0.25, 0.3) is 5.91 Å². The van der Waals surface area contributed by atoms with E-state index in [4.69, 9.17) is 4.74 Å². The Kier molecular flexibility index (Phi) is 6.35. The number of ether oxygens (including phenoxy) is 1. The molecular formula is C18H22N2O2S. The van der Waals surface area contributed by atoms with Gasteiger partial charge in [0, 0.05) is 4.88 Å². The van der Waals surface area contributed by atoms with Crippen LogP contribution in [0, 0.1) is 6.92 Å². The van der Waals surface area contributed by atoms with Crippen LogP contribution >= 0.6 is 11.3 Å². The van der Waals surface area contributed by atoms with Crippen LogP contribution in [-0.2, 0) is 4.79 Å². The summed E-state index contributed by atoms with van der Waals surface area (Å²) >= 11 is 1.58. The van der Waals surface area contributed by atoms with E-state index in [2.05, 4.69) is 24.4 Å². The molecule has 1 heterocycles. The first-order valence-corrected chi connectivity index (χ1v) is 8.57. The lowest BCUT2D eigenvalue weighted by Crippen LogP contribution is -2.24. The van der Waals surface area contributed by atoms with E-state index >= 15 is 0 Å². The van der Waals surface area contributed by atoms with Gasteiger partial charge in [0.2, 0.25) is 0 Å². The molecule has 23 heavy (non-hydrogen) atoms. The number of nitrogens with zero attached hydrogens (tertiary/aromatic N) is 1. The molecule has 0 radical (unpaired) electrons. The average Bonchev–Trinajstić information content (AvgIpc) is 2.98. The highest BCUT2D eigenvalue weighted by atomic mass is 32.1. The molecular weight excluding hydrogens is 308 g/mol. The van der Waals surface area contributed by atoms with Gasteiger partial charge >= 0.3 is 0 Å². The zero-order chi connectivity index (χ0) is 16.7. The lowest BCUT2D eigenvalue weighted by molar-refractivity contribution is -0.123. The maximum atomic E-state index is 11.7. The van der Waals surface area contributed by atoms with E-state index < -0.39 is 0 Å². The molecule has 0 unspecified atom stereocenters. The third-order valence-corrected chi connectivity index (χ3v) is 4.66. The Hall–Kier alpha value is -2.14. The molecule has 1 atom stereocenters. The minimum Gasteiger partial charge on any atom is -0.484 e. The van der Waals surface area contributed by atoms with Crippen molar-refractivity contribution in [3.8, 4) is 5.75 Å². The van der Waals surface area contributed by atoms with Crippen molar-refractivity contribution in [3.05, 3.63) is 51.7 Å². The van der Waals surface area contributed by atoms with E-state index in [9.17, 15) is 4.79 Å². The zero-order valence-corrected chi connectivity index (χ0v) is 14.5. The van der Waals surface area contributed by atoms with Crippen LogP contribution in [0.2, 0.25) is 0 Å². The number of amides is 1. The minimum absolute atomic E-state index is 0.0521. The molecule has 1 aromatic heterocycles. The average molecular weight is 330 g/mol. The molecule has 0 bridgehead atoms. The predicted octanol–water partition coefficient (Wildman–Crippen LogP) is 4.10. The highest BCUT2D eigenvalue weighted by molar-refractivity contribution is 7.11. The molecule has 2 rings (SSSR count). The normalized spacial score (nSPS) is 12.3. The fourth-order valence-corrected chi connectivity index (χ4v) is 2.78. The van der Waals surface area contributed by atoms with Crippen LogP contribution in [0.3, 0.4) is 0 Å². The van der Waals surface area contributed by atoms with Gasteiger partial charge in [-0.25, -0.2) is 5.43 Å². The molecule has 0 aliphatic rings. The molecule has 2 aromatic rings. The van der Waals surface area contributed by atoms with E-state index in [1.165, 1.54) is 5.56 Å². The Morgan fingerprint density at radius 1 is 1.35 bits per heavy atom. The molecule has 1 N–H and O–H groups in total. The zero-order valence-electron chi connectivity index (χ0n) is 13.7. The van der Waals surface area contributed by atoms with Crippen LogP contribution in [0.15, 0.2) is 40.8 Å². The highest BCUT2D eigenvalue weighted by Crippen LogP contribution is 2.21. The lowest BCUT2D eigenvalue weighted by atomic mass is 9.99. The second-order valence-corrected chi connectivity index (χ2v) is 6.38. The van der Waals surface area contributed by atoms with Gasteiger partial charge in [-0.1, -0.05) is 26.0 Å². The van der Waals surface area contributed by atoms with Gasteiger partial charge < -0.3 is 4.74 Å². The van der Waals surface area contributed by atoms with Crippen molar-refractivity contribution in [2.75, 3.05) is 6.61 Å². The van der Waals surface area contributed by atoms with Crippen molar-refractivity contribution in [1.82, 2.24) is 5.43 Å². The number of nitrogens with one attached hydrogen (secondary N) is 1. The number of aryl methyl sites for hydroxylation is 1. The molecule has 1 aromatic carbocycles. The molecule has 0 aliphatic carbocycles. The number of carbonyl (C=O) groups excluding carboxylic acids is 1. The topological polar surface area (TPSA) is 50.7 Å². The van der Waals surface area contributed by atoms with Crippen LogP contribution in [-0.4, -0.2) is 18.7 Å². The van der Waals surface area contributed by atoms with Crippen LogP contribution in [0.5, 0.6) is 5.75 Å².